The summed E-state index contributed by atoms with van der Waals surface area (Å²) in [6.45, 7) is 4.15. The Morgan fingerprint density at radius 2 is 2.09 bits per heavy atom. The smallest absolute Gasteiger partial charge is 0.355 e. The highest BCUT2D eigenvalue weighted by Crippen LogP contribution is 2.20. The molecule has 0 radical (unpaired) electrons. The molecule has 0 bridgehead atoms. The Bertz CT molecular complexity index is 661. The van der Waals surface area contributed by atoms with E-state index in [1.165, 1.54) is 0 Å². The summed E-state index contributed by atoms with van der Waals surface area (Å²) in [5.74, 6) is 0.330. The molecule has 0 unspecified atom stereocenters. The maximum atomic E-state index is 12.1. The summed E-state index contributed by atoms with van der Waals surface area (Å²) < 4.78 is 12.5. The quantitative estimate of drug-likeness (QED) is 0.833. The van der Waals surface area contributed by atoms with E-state index in [0.29, 0.717) is 23.6 Å². The molecule has 1 aromatic heterocycles. The monoisotopic (exact) mass is 303 g/mol. The molecule has 5 heteroatoms. The Kier molecular flexibility index (Phi) is 5.22. The van der Waals surface area contributed by atoms with Gasteiger partial charge in [-0.25, -0.2) is 4.79 Å². The SMILES string of the molecule is CCOC(=O)c1c(COc2cccc(C)c2)cc(CO)n1C. The summed E-state index contributed by atoms with van der Waals surface area (Å²) >= 11 is 0. The number of esters is 1. The van der Waals surface area contributed by atoms with Gasteiger partial charge in [-0.15, -0.1) is 0 Å². The summed E-state index contributed by atoms with van der Waals surface area (Å²) in [7, 11) is 1.73. The molecule has 0 saturated carbocycles. The summed E-state index contributed by atoms with van der Waals surface area (Å²) in [5.41, 5.74) is 2.86. The molecule has 0 aliphatic heterocycles. The minimum absolute atomic E-state index is 0.145. The van der Waals surface area contributed by atoms with Crippen LogP contribution in [0.5, 0.6) is 5.75 Å². The number of hydrogen-bond acceptors (Lipinski definition) is 4. The Morgan fingerprint density at radius 1 is 1.32 bits per heavy atom. The maximum Gasteiger partial charge on any atom is 0.355 e. The van der Waals surface area contributed by atoms with Crippen LogP contribution in [0.3, 0.4) is 0 Å². The lowest BCUT2D eigenvalue weighted by atomic mass is 10.2. The minimum Gasteiger partial charge on any atom is -0.489 e. The minimum atomic E-state index is -0.410. The van der Waals surface area contributed by atoms with Crippen molar-refractivity contribution in [1.29, 1.82) is 0 Å². The molecule has 2 rings (SSSR count). The average molecular weight is 303 g/mol. The topological polar surface area (TPSA) is 60.7 Å². The van der Waals surface area contributed by atoms with Gasteiger partial charge in [0.25, 0.3) is 0 Å². The van der Waals surface area contributed by atoms with Crippen molar-refractivity contribution in [3.8, 4) is 5.75 Å². The fourth-order valence-corrected chi connectivity index (χ4v) is 2.32. The number of aliphatic hydroxyl groups excluding tert-OH is 1. The molecule has 0 fully saturated rings. The predicted molar refractivity (Wildman–Crippen MR) is 82.8 cm³/mol. The Hall–Kier alpha value is -2.27. The van der Waals surface area contributed by atoms with Gasteiger partial charge in [-0.2, -0.15) is 0 Å². The van der Waals surface area contributed by atoms with Crippen LogP contribution >= 0.6 is 0 Å². The largest absolute Gasteiger partial charge is 0.489 e. The normalized spacial score (nSPS) is 10.5. The molecule has 1 heterocycles. The van der Waals surface area contributed by atoms with E-state index in [9.17, 15) is 9.90 Å². The molecule has 0 spiro atoms. The van der Waals surface area contributed by atoms with Crippen LogP contribution in [0.2, 0.25) is 0 Å². The second-order valence-electron chi connectivity index (χ2n) is 5.05. The zero-order chi connectivity index (χ0) is 16.1. The number of aryl methyl sites for hydroxylation is 1. The highest BCUT2D eigenvalue weighted by Gasteiger charge is 2.20. The lowest BCUT2D eigenvalue weighted by Crippen LogP contribution is -2.14. The van der Waals surface area contributed by atoms with Crippen molar-refractivity contribution in [2.75, 3.05) is 6.61 Å². The number of carbonyl (C=O) groups is 1. The lowest BCUT2D eigenvalue weighted by molar-refractivity contribution is 0.0511. The first kappa shape index (κ1) is 16.1. The first-order valence-electron chi connectivity index (χ1n) is 7.21. The van der Waals surface area contributed by atoms with Gasteiger partial charge in [0.15, 0.2) is 0 Å². The molecule has 118 valence electrons. The van der Waals surface area contributed by atoms with Gasteiger partial charge in [0.05, 0.1) is 13.2 Å². The van der Waals surface area contributed by atoms with Crippen molar-refractivity contribution in [2.24, 2.45) is 7.05 Å². The zero-order valence-electron chi connectivity index (χ0n) is 13.1. The first-order valence-corrected chi connectivity index (χ1v) is 7.21. The average Bonchev–Trinajstić information content (AvgIpc) is 2.81. The Balaban J connectivity index is 2.24. The number of nitrogens with zero attached hydrogens (tertiary/aromatic N) is 1. The highest BCUT2D eigenvalue weighted by molar-refractivity contribution is 5.89. The van der Waals surface area contributed by atoms with Gasteiger partial charge in [0.2, 0.25) is 0 Å². The van der Waals surface area contributed by atoms with Crippen molar-refractivity contribution >= 4 is 5.97 Å². The van der Waals surface area contributed by atoms with Crippen LogP contribution in [-0.2, 0) is 25.0 Å². The fourth-order valence-electron chi connectivity index (χ4n) is 2.32. The van der Waals surface area contributed by atoms with Crippen LogP contribution in [0, 0.1) is 6.92 Å². The molecule has 1 aromatic carbocycles. The number of carbonyl (C=O) groups excluding carboxylic acids is 1. The molecule has 0 amide bonds. The third-order valence-corrected chi connectivity index (χ3v) is 3.43. The Morgan fingerprint density at radius 3 is 2.73 bits per heavy atom. The molecule has 1 N–H and O–H groups in total. The molecule has 0 saturated heterocycles. The van der Waals surface area contributed by atoms with E-state index < -0.39 is 5.97 Å². The number of ether oxygens (including phenoxy) is 2. The van der Waals surface area contributed by atoms with Crippen molar-refractivity contribution < 1.29 is 19.4 Å². The van der Waals surface area contributed by atoms with Gasteiger partial charge >= 0.3 is 5.97 Å². The van der Waals surface area contributed by atoms with Gasteiger partial charge in [-0.3, -0.25) is 0 Å². The molecular formula is C17H21NO4. The lowest BCUT2D eigenvalue weighted by Gasteiger charge is -2.09. The first-order chi connectivity index (χ1) is 10.6. The van der Waals surface area contributed by atoms with Gasteiger partial charge < -0.3 is 19.1 Å². The standard InChI is InChI=1S/C17H21NO4/c1-4-21-17(20)16-13(9-14(10-19)18(16)3)11-22-15-7-5-6-12(2)8-15/h5-9,19H,4,10-11H2,1-3H3. The molecule has 0 atom stereocenters. The molecule has 2 aromatic rings. The van der Waals surface area contributed by atoms with E-state index in [4.69, 9.17) is 9.47 Å². The van der Waals surface area contributed by atoms with Crippen LogP contribution in [0.25, 0.3) is 0 Å². The number of aromatic nitrogens is 1. The molecule has 22 heavy (non-hydrogen) atoms. The second-order valence-corrected chi connectivity index (χ2v) is 5.05. The van der Waals surface area contributed by atoms with Crippen molar-refractivity contribution in [3.05, 3.63) is 52.8 Å². The number of rotatable bonds is 6. The van der Waals surface area contributed by atoms with Crippen molar-refractivity contribution in [3.63, 3.8) is 0 Å². The van der Waals surface area contributed by atoms with Gasteiger partial charge in [0, 0.05) is 18.3 Å². The van der Waals surface area contributed by atoms with Crippen molar-refractivity contribution in [1.82, 2.24) is 4.57 Å². The van der Waals surface area contributed by atoms with Gasteiger partial charge in [0.1, 0.15) is 18.1 Å². The summed E-state index contributed by atoms with van der Waals surface area (Å²) in [5, 5.41) is 9.38. The van der Waals surface area contributed by atoms with E-state index in [-0.39, 0.29) is 13.2 Å². The third kappa shape index (κ3) is 3.49. The molecule has 0 aliphatic rings. The molecule has 0 aliphatic carbocycles. The van der Waals surface area contributed by atoms with Crippen LogP contribution in [0.4, 0.5) is 0 Å². The van der Waals surface area contributed by atoms with Crippen molar-refractivity contribution in [2.45, 2.75) is 27.1 Å². The summed E-state index contributed by atoms with van der Waals surface area (Å²) in [6, 6.07) is 9.47. The summed E-state index contributed by atoms with van der Waals surface area (Å²) in [6.07, 6.45) is 0. The van der Waals surface area contributed by atoms with Gasteiger partial charge in [-0.05, 0) is 37.6 Å². The maximum absolute atomic E-state index is 12.1. The third-order valence-electron chi connectivity index (χ3n) is 3.43. The molecular weight excluding hydrogens is 282 g/mol. The number of benzene rings is 1. The Labute approximate surface area is 130 Å². The van der Waals surface area contributed by atoms with E-state index in [1.807, 2.05) is 31.2 Å². The zero-order valence-corrected chi connectivity index (χ0v) is 13.1. The van der Waals surface area contributed by atoms with Crippen LogP contribution in [0.1, 0.15) is 34.2 Å². The predicted octanol–water partition coefficient (Wildman–Crippen LogP) is 2.58. The second kappa shape index (κ2) is 7.13. The number of aliphatic hydroxyl groups is 1. The summed E-state index contributed by atoms with van der Waals surface area (Å²) in [4.78, 5) is 12.1. The van der Waals surface area contributed by atoms with E-state index >= 15 is 0 Å². The molecule has 5 nitrogen and oxygen atoms in total. The fraction of sp³-hybridized carbons (Fsp3) is 0.353. The van der Waals surface area contributed by atoms with Gasteiger partial charge in [-0.1, -0.05) is 12.1 Å². The van der Waals surface area contributed by atoms with E-state index in [2.05, 4.69) is 0 Å². The van der Waals surface area contributed by atoms with E-state index in [0.717, 1.165) is 11.3 Å². The van der Waals surface area contributed by atoms with Crippen LogP contribution < -0.4 is 4.74 Å². The van der Waals surface area contributed by atoms with E-state index in [1.54, 1.807) is 24.6 Å². The highest BCUT2D eigenvalue weighted by atomic mass is 16.5. The van der Waals surface area contributed by atoms with Crippen LogP contribution in [-0.4, -0.2) is 22.2 Å². The number of hydrogen-bond donors (Lipinski definition) is 1. The van der Waals surface area contributed by atoms with Crippen LogP contribution in [0.15, 0.2) is 30.3 Å².